The number of aryl methyl sites for hydroxylation is 2. The molecule has 3 rings (SSSR count). The molecule has 29 heavy (non-hydrogen) atoms. The van der Waals surface area contributed by atoms with Crippen molar-refractivity contribution in [2.75, 3.05) is 10.6 Å². The van der Waals surface area contributed by atoms with Crippen molar-refractivity contribution in [2.45, 2.75) is 13.8 Å². The molecule has 3 N–H and O–H groups in total. The lowest BCUT2D eigenvalue weighted by Crippen LogP contribution is -2.16. The fourth-order valence-electron chi connectivity index (χ4n) is 2.88. The van der Waals surface area contributed by atoms with Gasteiger partial charge >= 0.3 is 5.97 Å². The molecule has 0 radical (unpaired) electrons. The molecule has 0 atom stereocenters. The molecule has 0 aromatic heterocycles. The monoisotopic (exact) mass is 388 g/mol. The van der Waals surface area contributed by atoms with Crippen LogP contribution >= 0.6 is 0 Å². The molecular formula is C23H20N2O4. The van der Waals surface area contributed by atoms with E-state index in [2.05, 4.69) is 10.6 Å². The number of carbonyl (C=O) groups is 3. The number of rotatable bonds is 5. The number of hydrogen-bond acceptors (Lipinski definition) is 3. The van der Waals surface area contributed by atoms with Gasteiger partial charge in [-0.15, -0.1) is 0 Å². The maximum atomic E-state index is 12.5. The summed E-state index contributed by atoms with van der Waals surface area (Å²) in [5.41, 5.74) is 3.17. The lowest BCUT2D eigenvalue weighted by atomic mass is 10.1. The van der Waals surface area contributed by atoms with Crippen LogP contribution in [0.3, 0.4) is 0 Å². The maximum absolute atomic E-state index is 12.5. The van der Waals surface area contributed by atoms with E-state index in [1.165, 1.54) is 18.2 Å². The highest BCUT2D eigenvalue weighted by atomic mass is 16.4. The van der Waals surface area contributed by atoms with Crippen LogP contribution in [0.5, 0.6) is 0 Å². The number of aromatic carboxylic acids is 1. The van der Waals surface area contributed by atoms with Gasteiger partial charge in [-0.05, 0) is 56.3 Å². The number of benzene rings is 3. The molecule has 0 unspecified atom stereocenters. The van der Waals surface area contributed by atoms with E-state index in [1.807, 2.05) is 26.0 Å². The molecule has 0 aliphatic heterocycles. The zero-order valence-electron chi connectivity index (χ0n) is 16.0. The fraction of sp³-hybridized carbons (Fsp3) is 0.0870. The average Bonchev–Trinajstić information content (AvgIpc) is 2.68. The van der Waals surface area contributed by atoms with Gasteiger partial charge < -0.3 is 15.7 Å². The van der Waals surface area contributed by atoms with Gasteiger partial charge in [-0.1, -0.05) is 35.4 Å². The summed E-state index contributed by atoms with van der Waals surface area (Å²) >= 11 is 0. The molecular weight excluding hydrogens is 368 g/mol. The fourth-order valence-corrected chi connectivity index (χ4v) is 2.88. The predicted molar refractivity (Wildman–Crippen MR) is 112 cm³/mol. The number of carboxylic acids is 1. The second kappa shape index (κ2) is 8.39. The highest BCUT2D eigenvalue weighted by molar-refractivity contribution is 6.09. The first-order valence-electron chi connectivity index (χ1n) is 8.97. The molecule has 146 valence electrons. The molecule has 0 heterocycles. The Balaban J connectivity index is 1.87. The molecule has 3 aromatic rings. The van der Waals surface area contributed by atoms with Gasteiger partial charge in [0.25, 0.3) is 11.8 Å². The van der Waals surface area contributed by atoms with Crippen molar-refractivity contribution in [1.29, 1.82) is 0 Å². The number of carbonyl (C=O) groups excluding carboxylic acids is 2. The summed E-state index contributed by atoms with van der Waals surface area (Å²) in [5, 5.41) is 14.8. The Hall–Kier alpha value is -3.93. The number of hydrogen-bond donors (Lipinski definition) is 3. The Labute approximate surface area is 168 Å². The quantitative estimate of drug-likeness (QED) is 0.599. The van der Waals surface area contributed by atoms with Crippen LogP contribution in [-0.4, -0.2) is 22.9 Å². The molecule has 0 saturated heterocycles. The van der Waals surface area contributed by atoms with Crippen molar-refractivity contribution in [3.63, 3.8) is 0 Å². The van der Waals surface area contributed by atoms with E-state index in [9.17, 15) is 19.5 Å². The summed E-state index contributed by atoms with van der Waals surface area (Å²) in [7, 11) is 0. The largest absolute Gasteiger partial charge is 0.478 e. The number of carboxylic acid groups (broad SMARTS) is 1. The van der Waals surface area contributed by atoms with Crippen LogP contribution in [0.1, 0.15) is 42.2 Å². The minimum Gasteiger partial charge on any atom is -0.478 e. The SMILES string of the molecule is Cc1cccc(C(=O)Nc2ccc(C(=O)O)c(NC(=O)c3cccc(C)c3)c2)c1. The van der Waals surface area contributed by atoms with Gasteiger partial charge in [0, 0.05) is 16.8 Å². The van der Waals surface area contributed by atoms with Crippen molar-refractivity contribution in [2.24, 2.45) is 0 Å². The van der Waals surface area contributed by atoms with Gasteiger partial charge in [0.2, 0.25) is 0 Å². The van der Waals surface area contributed by atoms with E-state index < -0.39 is 11.9 Å². The van der Waals surface area contributed by atoms with Crippen LogP contribution in [0.15, 0.2) is 66.7 Å². The van der Waals surface area contributed by atoms with Crippen LogP contribution in [-0.2, 0) is 0 Å². The Morgan fingerprint density at radius 1 is 0.724 bits per heavy atom. The highest BCUT2D eigenvalue weighted by Gasteiger charge is 2.16. The second-order valence-corrected chi connectivity index (χ2v) is 6.71. The standard InChI is InChI=1S/C23H20N2O4/c1-14-5-3-7-16(11-14)21(26)24-18-9-10-19(23(28)29)20(13-18)25-22(27)17-8-4-6-15(2)12-17/h3-13H,1-2H3,(H,24,26)(H,25,27)(H,28,29). The van der Waals surface area contributed by atoms with Gasteiger partial charge in [-0.25, -0.2) is 4.79 Å². The van der Waals surface area contributed by atoms with Gasteiger partial charge in [0.15, 0.2) is 0 Å². The lowest BCUT2D eigenvalue weighted by molar-refractivity contribution is 0.0698. The predicted octanol–water partition coefficient (Wildman–Crippen LogP) is 4.51. The van der Waals surface area contributed by atoms with Gasteiger partial charge in [-0.2, -0.15) is 0 Å². The van der Waals surface area contributed by atoms with Crippen LogP contribution < -0.4 is 10.6 Å². The van der Waals surface area contributed by atoms with Crippen molar-refractivity contribution in [1.82, 2.24) is 0 Å². The first kappa shape index (κ1) is 19.8. The first-order valence-corrected chi connectivity index (χ1v) is 8.97. The van der Waals surface area contributed by atoms with Crippen molar-refractivity contribution < 1.29 is 19.5 Å². The molecule has 6 nitrogen and oxygen atoms in total. The zero-order chi connectivity index (χ0) is 21.0. The second-order valence-electron chi connectivity index (χ2n) is 6.71. The molecule has 0 aliphatic carbocycles. The smallest absolute Gasteiger partial charge is 0.337 e. The Kier molecular flexibility index (Phi) is 5.74. The van der Waals surface area contributed by atoms with Crippen LogP contribution in [0.25, 0.3) is 0 Å². The third-order valence-electron chi connectivity index (χ3n) is 4.32. The summed E-state index contributed by atoms with van der Waals surface area (Å²) in [4.78, 5) is 36.6. The van der Waals surface area contributed by atoms with E-state index in [0.717, 1.165) is 11.1 Å². The summed E-state index contributed by atoms with van der Waals surface area (Å²) in [6.45, 7) is 3.75. The van der Waals surface area contributed by atoms with E-state index in [4.69, 9.17) is 0 Å². The summed E-state index contributed by atoms with van der Waals surface area (Å²) in [5.74, 6) is -1.94. The minimum atomic E-state index is -1.18. The Morgan fingerprint density at radius 3 is 1.79 bits per heavy atom. The third-order valence-corrected chi connectivity index (χ3v) is 4.32. The molecule has 6 heteroatoms. The van der Waals surface area contributed by atoms with Crippen molar-refractivity contribution in [3.8, 4) is 0 Å². The van der Waals surface area contributed by atoms with Gasteiger partial charge in [0.1, 0.15) is 0 Å². The normalized spacial score (nSPS) is 10.3. The minimum absolute atomic E-state index is 0.0699. The molecule has 3 aromatic carbocycles. The maximum Gasteiger partial charge on any atom is 0.337 e. The number of amides is 2. The number of nitrogens with one attached hydrogen (secondary N) is 2. The van der Waals surface area contributed by atoms with Crippen molar-refractivity contribution >= 4 is 29.2 Å². The summed E-state index contributed by atoms with van der Waals surface area (Å²) in [6, 6.07) is 18.3. The van der Waals surface area contributed by atoms with Crippen LogP contribution in [0.4, 0.5) is 11.4 Å². The van der Waals surface area contributed by atoms with Gasteiger partial charge in [0.05, 0.1) is 11.3 Å². The van der Waals surface area contributed by atoms with E-state index in [0.29, 0.717) is 16.8 Å². The highest BCUT2D eigenvalue weighted by Crippen LogP contribution is 2.23. The zero-order valence-corrected chi connectivity index (χ0v) is 16.0. The van der Waals surface area contributed by atoms with Gasteiger partial charge in [-0.3, -0.25) is 9.59 Å². The average molecular weight is 388 g/mol. The Bertz CT molecular complexity index is 1110. The van der Waals surface area contributed by atoms with E-state index >= 15 is 0 Å². The third kappa shape index (κ3) is 4.87. The molecule has 2 amide bonds. The van der Waals surface area contributed by atoms with E-state index in [-0.39, 0.29) is 17.2 Å². The summed E-state index contributed by atoms with van der Waals surface area (Å²) in [6.07, 6.45) is 0. The van der Waals surface area contributed by atoms with Crippen LogP contribution in [0, 0.1) is 13.8 Å². The summed E-state index contributed by atoms with van der Waals surface area (Å²) < 4.78 is 0. The molecule has 0 spiro atoms. The molecule has 0 aliphatic rings. The Morgan fingerprint density at radius 2 is 1.28 bits per heavy atom. The lowest BCUT2D eigenvalue weighted by Gasteiger charge is -2.12. The first-order chi connectivity index (χ1) is 13.8. The molecule has 0 bridgehead atoms. The van der Waals surface area contributed by atoms with Crippen molar-refractivity contribution in [3.05, 3.63) is 94.5 Å². The van der Waals surface area contributed by atoms with Crippen LogP contribution in [0.2, 0.25) is 0 Å². The topological polar surface area (TPSA) is 95.5 Å². The van der Waals surface area contributed by atoms with E-state index in [1.54, 1.807) is 36.4 Å². The molecule has 0 saturated carbocycles. The molecule has 0 fully saturated rings. The number of anilines is 2.